The predicted molar refractivity (Wildman–Crippen MR) is 136 cm³/mol. The van der Waals surface area contributed by atoms with Crippen molar-refractivity contribution in [2.24, 2.45) is 0 Å². The topological polar surface area (TPSA) is 84.9 Å². The first kappa shape index (κ1) is 26.9. The van der Waals surface area contributed by atoms with Crippen LogP contribution in [0.3, 0.4) is 0 Å². The fourth-order valence-corrected chi connectivity index (χ4v) is 4.74. The van der Waals surface area contributed by atoms with Gasteiger partial charge >= 0.3 is 6.09 Å². The maximum absolute atomic E-state index is 12.2. The van der Waals surface area contributed by atoms with Crippen LogP contribution in [0.25, 0.3) is 11.1 Å². The van der Waals surface area contributed by atoms with Crippen molar-refractivity contribution in [1.82, 2.24) is 15.5 Å². The Kier molecular flexibility index (Phi) is 9.55. The van der Waals surface area contributed by atoms with Crippen LogP contribution in [0.2, 0.25) is 0 Å². The lowest BCUT2D eigenvalue weighted by Crippen LogP contribution is -2.45. The summed E-state index contributed by atoms with van der Waals surface area (Å²) in [5, 5.41) is 15.3. The number of amides is 2. The molecule has 2 aliphatic heterocycles. The monoisotopic (exact) mass is 494 g/mol. The molecule has 1 saturated heterocycles. The summed E-state index contributed by atoms with van der Waals surface area (Å²) in [6.07, 6.45) is -0.506. The number of nitrogens with zero attached hydrogens (tertiary/aromatic N) is 2. The molecule has 1 fully saturated rings. The van der Waals surface area contributed by atoms with Crippen LogP contribution in [0.5, 0.6) is 0 Å². The number of anilines is 1. The van der Waals surface area contributed by atoms with Gasteiger partial charge in [0.05, 0.1) is 6.04 Å². The van der Waals surface area contributed by atoms with Crippen molar-refractivity contribution in [3.05, 3.63) is 53.6 Å². The van der Waals surface area contributed by atoms with Gasteiger partial charge in [-0.2, -0.15) is 0 Å². The molecular formula is C24H32Cl2N4O3. The van der Waals surface area contributed by atoms with Gasteiger partial charge in [-0.05, 0) is 47.7 Å². The summed E-state index contributed by atoms with van der Waals surface area (Å²) in [5.41, 5.74) is 5.00. The Morgan fingerprint density at radius 3 is 2.30 bits per heavy atom. The van der Waals surface area contributed by atoms with Gasteiger partial charge in [-0.1, -0.05) is 30.3 Å². The number of fused-ring (bicyclic) bond motifs is 1. The van der Waals surface area contributed by atoms with E-state index in [2.05, 4.69) is 39.8 Å². The fraction of sp³-hybridized carbons (Fsp3) is 0.417. The zero-order valence-corrected chi connectivity index (χ0v) is 20.5. The number of benzene rings is 2. The van der Waals surface area contributed by atoms with E-state index in [0.717, 1.165) is 55.1 Å². The van der Waals surface area contributed by atoms with Crippen LogP contribution in [-0.2, 0) is 11.3 Å². The molecule has 2 aromatic rings. The van der Waals surface area contributed by atoms with Crippen LogP contribution in [0.1, 0.15) is 37.4 Å². The standard InChI is InChI=1S/C24H30N4O3.2ClH/c1-16-13-22(26-24(30)31)21-14-20(7-8-23(21)28(16)17(2)29)19-5-3-18(4-6-19)15-27-11-9-25-10-12-27;;/h3-8,14,16,22,25-26H,9-13,15H2,1-2H3,(H,30,31);2*1H/t16-,22+;;/m0../s1. The molecule has 0 unspecified atom stereocenters. The number of nitrogens with one attached hydrogen (secondary N) is 2. The van der Waals surface area contributed by atoms with Crippen molar-refractivity contribution in [2.75, 3.05) is 31.1 Å². The quantitative estimate of drug-likeness (QED) is 0.596. The molecule has 180 valence electrons. The molecule has 0 radical (unpaired) electrons. The highest BCUT2D eigenvalue weighted by Crippen LogP contribution is 2.39. The molecule has 4 rings (SSSR count). The summed E-state index contributed by atoms with van der Waals surface area (Å²) in [6.45, 7) is 8.65. The maximum Gasteiger partial charge on any atom is 0.405 e. The van der Waals surface area contributed by atoms with Crippen LogP contribution >= 0.6 is 24.8 Å². The van der Waals surface area contributed by atoms with Gasteiger partial charge in [0.2, 0.25) is 5.91 Å². The molecule has 2 amide bonds. The van der Waals surface area contributed by atoms with Gasteiger partial charge in [-0.3, -0.25) is 9.69 Å². The molecule has 3 N–H and O–H groups in total. The highest BCUT2D eigenvalue weighted by atomic mass is 35.5. The van der Waals surface area contributed by atoms with Gasteiger partial charge in [-0.15, -0.1) is 24.8 Å². The Morgan fingerprint density at radius 2 is 1.70 bits per heavy atom. The summed E-state index contributed by atoms with van der Waals surface area (Å²) < 4.78 is 0. The normalized spacial score (nSPS) is 20.1. The Balaban J connectivity index is 0.00000193. The fourth-order valence-electron chi connectivity index (χ4n) is 4.74. The van der Waals surface area contributed by atoms with Crippen LogP contribution < -0.4 is 15.5 Å². The van der Waals surface area contributed by atoms with E-state index in [-0.39, 0.29) is 42.8 Å². The van der Waals surface area contributed by atoms with Crippen LogP contribution in [0.15, 0.2) is 42.5 Å². The SMILES string of the molecule is CC(=O)N1c2ccc(-c3ccc(CN4CCNCC4)cc3)cc2[C@H](NC(=O)O)C[C@@H]1C.Cl.Cl. The summed E-state index contributed by atoms with van der Waals surface area (Å²) >= 11 is 0. The highest BCUT2D eigenvalue weighted by molar-refractivity contribution is 5.94. The highest BCUT2D eigenvalue weighted by Gasteiger charge is 2.33. The number of carbonyl (C=O) groups is 2. The van der Waals surface area contributed by atoms with Gasteiger partial charge in [0.25, 0.3) is 0 Å². The second-order valence-corrected chi connectivity index (χ2v) is 8.47. The predicted octanol–water partition coefficient (Wildman–Crippen LogP) is 4.06. The summed E-state index contributed by atoms with van der Waals surface area (Å²) in [5.74, 6) is -0.0347. The Morgan fingerprint density at radius 1 is 1.06 bits per heavy atom. The summed E-state index contributed by atoms with van der Waals surface area (Å²) in [6, 6.07) is 14.1. The van der Waals surface area contributed by atoms with E-state index in [1.165, 1.54) is 5.56 Å². The molecule has 2 atom stereocenters. The first-order valence-corrected chi connectivity index (χ1v) is 10.9. The van der Waals surface area contributed by atoms with Crippen molar-refractivity contribution in [2.45, 2.75) is 38.9 Å². The molecule has 9 heteroatoms. The van der Waals surface area contributed by atoms with Gasteiger partial charge < -0.3 is 20.6 Å². The van der Waals surface area contributed by atoms with Crippen molar-refractivity contribution in [3.8, 4) is 11.1 Å². The minimum Gasteiger partial charge on any atom is -0.465 e. The van der Waals surface area contributed by atoms with Gasteiger partial charge in [-0.25, -0.2) is 4.79 Å². The first-order chi connectivity index (χ1) is 14.9. The minimum atomic E-state index is -1.05. The molecule has 0 aliphatic carbocycles. The lowest BCUT2D eigenvalue weighted by atomic mass is 9.89. The molecule has 0 saturated carbocycles. The molecule has 0 bridgehead atoms. The summed E-state index contributed by atoms with van der Waals surface area (Å²) in [7, 11) is 0. The van der Waals surface area contributed by atoms with E-state index >= 15 is 0 Å². The van der Waals surface area contributed by atoms with Gasteiger partial charge in [0.1, 0.15) is 0 Å². The number of carbonyl (C=O) groups excluding carboxylic acids is 1. The Bertz CT molecular complexity index is 965. The number of piperazine rings is 1. The van der Waals surface area contributed by atoms with E-state index in [9.17, 15) is 14.7 Å². The smallest absolute Gasteiger partial charge is 0.405 e. The second-order valence-electron chi connectivity index (χ2n) is 8.47. The largest absolute Gasteiger partial charge is 0.465 e. The number of rotatable bonds is 4. The third-order valence-electron chi connectivity index (χ3n) is 6.22. The lowest BCUT2D eigenvalue weighted by molar-refractivity contribution is -0.117. The number of hydrogen-bond acceptors (Lipinski definition) is 4. The van der Waals surface area contributed by atoms with Gasteiger partial charge in [0, 0.05) is 51.4 Å². The van der Waals surface area contributed by atoms with E-state index < -0.39 is 6.09 Å². The van der Waals surface area contributed by atoms with Crippen LogP contribution in [0.4, 0.5) is 10.5 Å². The molecule has 33 heavy (non-hydrogen) atoms. The molecule has 2 aliphatic rings. The van der Waals surface area contributed by atoms with Crippen LogP contribution in [0, 0.1) is 0 Å². The number of halogens is 2. The Labute approximate surface area is 207 Å². The molecule has 0 spiro atoms. The summed E-state index contributed by atoms with van der Waals surface area (Å²) in [4.78, 5) is 27.8. The lowest BCUT2D eigenvalue weighted by Gasteiger charge is -2.39. The Hall–Kier alpha value is -2.32. The zero-order valence-electron chi connectivity index (χ0n) is 18.9. The van der Waals surface area contributed by atoms with E-state index in [1.807, 2.05) is 25.1 Å². The third-order valence-corrected chi connectivity index (χ3v) is 6.22. The zero-order chi connectivity index (χ0) is 22.0. The average Bonchev–Trinajstić information content (AvgIpc) is 2.74. The molecular weight excluding hydrogens is 463 g/mol. The van der Waals surface area contributed by atoms with Crippen LogP contribution in [-0.4, -0.2) is 54.2 Å². The number of carboxylic acid groups (broad SMARTS) is 1. The van der Waals surface area contributed by atoms with Crippen molar-refractivity contribution < 1.29 is 14.7 Å². The van der Waals surface area contributed by atoms with E-state index in [1.54, 1.807) is 11.8 Å². The average molecular weight is 495 g/mol. The molecule has 2 heterocycles. The first-order valence-electron chi connectivity index (χ1n) is 10.9. The van der Waals surface area contributed by atoms with Crippen molar-refractivity contribution in [3.63, 3.8) is 0 Å². The molecule has 7 nitrogen and oxygen atoms in total. The van der Waals surface area contributed by atoms with E-state index in [0.29, 0.717) is 6.42 Å². The third kappa shape index (κ3) is 6.18. The maximum atomic E-state index is 12.2. The van der Waals surface area contributed by atoms with E-state index in [4.69, 9.17) is 0 Å². The molecule has 2 aromatic carbocycles. The second kappa shape index (κ2) is 11.7. The molecule has 0 aromatic heterocycles. The minimum absolute atomic E-state index is 0. The van der Waals surface area contributed by atoms with Gasteiger partial charge in [0.15, 0.2) is 0 Å². The number of hydrogen-bond donors (Lipinski definition) is 3. The van der Waals surface area contributed by atoms with Crippen molar-refractivity contribution in [1.29, 1.82) is 0 Å². The van der Waals surface area contributed by atoms with Crippen molar-refractivity contribution >= 4 is 42.5 Å².